The summed E-state index contributed by atoms with van der Waals surface area (Å²) >= 11 is 0. The molecule has 0 atom stereocenters. The van der Waals surface area contributed by atoms with Gasteiger partial charge in [0.2, 0.25) is 0 Å². The molecule has 3 rings (SSSR count). The first-order valence-electron chi connectivity index (χ1n) is 6.06. The third kappa shape index (κ3) is 1.85. The standard InChI is InChI=1S/C12H13NO.C2H6/c1-8-2-3-9-10-4-5-13-7-12(10)14-11(9)6-8;1-2/h2-3,6,13H,4-5,7H2,1H3;1-2H3. The lowest BCUT2D eigenvalue weighted by atomic mass is 10.0. The largest absolute Gasteiger partial charge is 0.459 e. The molecule has 0 aliphatic carbocycles. The van der Waals surface area contributed by atoms with Crippen molar-refractivity contribution in [2.75, 3.05) is 6.54 Å². The van der Waals surface area contributed by atoms with Crippen LogP contribution >= 0.6 is 0 Å². The Balaban J connectivity index is 0.000000457. The normalized spacial score (nSPS) is 14.2. The van der Waals surface area contributed by atoms with Crippen molar-refractivity contribution in [1.82, 2.24) is 5.32 Å². The maximum absolute atomic E-state index is 5.81. The van der Waals surface area contributed by atoms with E-state index in [1.807, 2.05) is 13.8 Å². The van der Waals surface area contributed by atoms with Gasteiger partial charge in [-0.3, -0.25) is 0 Å². The summed E-state index contributed by atoms with van der Waals surface area (Å²) in [6.07, 6.45) is 1.09. The van der Waals surface area contributed by atoms with Gasteiger partial charge >= 0.3 is 0 Å². The second-order valence-corrected chi connectivity index (χ2v) is 3.93. The van der Waals surface area contributed by atoms with Crippen molar-refractivity contribution >= 4 is 11.0 Å². The van der Waals surface area contributed by atoms with Gasteiger partial charge in [-0.25, -0.2) is 0 Å². The van der Waals surface area contributed by atoms with Crippen LogP contribution < -0.4 is 5.32 Å². The average molecular weight is 217 g/mol. The van der Waals surface area contributed by atoms with E-state index in [0.717, 1.165) is 30.9 Å². The molecule has 2 heterocycles. The van der Waals surface area contributed by atoms with Gasteiger partial charge in [-0.1, -0.05) is 26.0 Å². The number of fused-ring (bicyclic) bond motifs is 3. The Bertz CT molecular complexity index is 485. The van der Waals surface area contributed by atoms with Crippen molar-refractivity contribution in [2.45, 2.75) is 33.7 Å². The van der Waals surface area contributed by atoms with Crippen molar-refractivity contribution in [3.05, 3.63) is 35.1 Å². The molecule has 1 aliphatic heterocycles. The molecular formula is C14H19NO. The maximum atomic E-state index is 5.81. The van der Waals surface area contributed by atoms with E-state index in [4.69, 9.17) is 4.42 Å². The predicted molar refractivity (Wildman–Crippen MR) is 67.7 cm³/mol. The Morgan fingerprint density at radius 2 is 2.06 bits per heavy atom. The lowest BCUT2D eigenvalue weighted by Gasteiger charge is -2.10. The van der Waals surface area contributed by atoms with Crippen LogP contribution in [-0.2, 0) is 13.0 Å². The zero-order chi connectivity index (χ0) is 11.5. The summed E-state index contributed by atoms with van der Waals surface area (Å²) in [6.45, 7) is 8.04. The van der Waals surface area contributed by atoms with Crippen LogP contribution in [0.4, 0.5) is 0 Å². The Labute approximate surface area is 96.6 Å². The van der Waals surface area contributed by atoms with E-state index in [1.54, 1.807) is 0 Å². The lowest BCUT2D eigenvalue weighted by molar-refractivity contribution is 0.488. The van der Waals surface area contributed by atoms with E-state index in [9.17, 15) is 0 Å². The second-order valence-electron chi connectivity index (χ2n) is 3.93. The van der Waals surface area contributed by atoms with Crippen LogP contribution in [-0.4, -0.2) is 6.54 Å². The smallest absolute Gasteiger partial charge is 0.134 e. The third-order valence-electron chi connectivity index (χ3n) is 2.87. The molecule has 1 aromatic heterocycles. The highest BCUT2D eigenvalue weighted by atomic mass is 16.3. The average Bonchev–Trinajstić information content (AvgIpc) is 2.68. The van der Waals surface area contributed by atoms with E-state index in [0.29, 0.717) is 0 Å². The molecule has 1 aromatic carbocycles. The molecule has 0 spiro atoms. The molecular weight excluding hydrogens is 198 g/mol. The van der Waals surface area contributed by atoms with Crippen LogP contribution in [0.3, 0.4) is 0 Å². The molecule has 1 N–H and O–H groups in total. The van der Waals surface area contributed by atoms with Crippen LogP contribution in [0.15, 0.2) is 22.6 Å². The van der Waals surface area contributed by atoms with Gasteiger partial charge in [0.15, 0.2) is 0 Å². The highest BCUT2D eigenvalue weighted by Gasteiger charge is 2.16. The van der Waals surface area contributed by atoms with Crippen LogP contribution in [0.2, 0.25) is 0 Å². The quantitative estimate of drug-likeness (QED) is 0.731. The molecule has 0 saturated carbocycles. The molecule has 0 saturated heterocycles. The Hall–Kier alpha value is -1.28. The SMILES string of the molecule is CC.Cc1ccc2c3c(oc2c1)CNCC3. The fourth-order valence-electron chi connectivity index (χ4n) is 2.14. The van der Waals surface area contributed by atoms with Gasteiger partial charge in [-0.05, 0) is 31.5 Å². The zero-order valence-electron chi connectivity index (χ0n) is 10.3. The van der Waals surface area contributed by atoms with Crippen LogP contribution in [0.1, 0.15) is 30.7 Å². The highest BCUT2D eigenvalue weighted by Crippen LogP contribution is 2.28. The number of nitrogens with one attached hydrogen (secondary N) is 1. The second kappa shape index (κ2) is 4.71. The van der Waals surface area contributed by atoms with Crippen molar-refractivity contribution in [1.29, 1.82) is 0 Å². The topological polar surface area (TPSA) is 25.2 Å². The molecule has 1 aliphatic rings. The number of hydrogen-bond acceptors (Lipinski definition) is 2. The molecule has 0 amide bonds. The fourth-order valence-corrected chi connectivity index (χ4v) is 2.14. The molecule has 0 fully saturated rings. The van der Waals surface area contributed by atoms with Crippen LogP contribution in [0, 0.1) is 6.92 Å². The Morgan fingerprint density at radius 3 is 2.88 bits per heavy atom. The zero-order valence-corrected chi connectivity index (χ0v) is 10.3. The number of aryl methyl sites for hydroxylation is 1. The van der Waals surface area contributed by atoms with Crippen molar-refractivity contribution in [2.24, 2.45) is 0 Å². The van der Waals surface area contributed by atoms with Crippen molar-refractivity contribution in [3.8, 4) is 0 Å². The van der Waals surface area contributed by atoms with Gasteiger partial charge in [0, 0.05) is 10.9 Å². The number of furan rings is 1. The summed E-state index contributed by atoms with van der Waals surface area (Å²) < 4.78 is 5.81. The van der Waals surface area contributed by atoms with Gasteiger partial charge in [0.1, 0.15) is 11.3 Å². The third-order valence-corrected chi connectivity index (χ3v) is 2.87. The maximum Gasteiger partial charge on any atom is 0.134 e. The lowest BCUT2D eigenvalue weighted by Crippen LogP contribution is -2.22. The molecule has 0 radical (unpaired) electrons. The van der Waals surface area contributed by atoms with E-state index in [1.165, 1.54) is 16.5 Å². The molecule has 86 valence electrons. The van der Waals surface area contributed by atoms with Crippen molar-refractivity contribution < 1.29 is 4.42 Å². The van der Waals surface area contributed by atoms with E-state index < -0.39 is 0 Å². The predicted octanol–water partition coefficient (Wildman–Crippen LogP) is 3.41. The summed E-state index contributed by atoms with van der Waals surface area (Å²) in [5.41, 5.74) is 3.70. The number of benzene rings is 1. The van der Waals surface area contributed by atoms with E-state index in [-0.39, 0.29) is 0 Å². The van der Waals surface area contributed by atoms with Gasteiger partial charge in [0.25, 0.3) is 0 Å². The Morgan fingerprint density at radius 1 is 1.25 bits per heavy atom. The summed E-state index contributed by atoms with van der Waals surface area (Å²) in [7, 11) is 0. The van der Waals surface area contributed by atoms with E-state index >= 15 is 0 Å². The molecule has 16 heavy (non-hydrogen) atoms. The molecule has 0 unspecified atom stereocenters. The Kier molecular flexibility index (Phi) is 3.30. The van der Waals surface area contributed by atoms with Crippen LogP contribution in [0.5, 0.6) is 0 Å². The van der Waals surface area contributed by atoms with Crippen molar-refractivity contribution in [3.63, 3.8) is 0 Å². The van der Waals surface area contributed by atoms with E-state index in [2.05, 4.69) is 30.4 Å². The van der Waals surface area contributed by atoms with Gasteiger partial charge in [-0.2, -0.15) is 0 Å². The first-order valence-corrected chi connectivity index (χ1v) is 6.06. The van der Waals surface area contributed by atoms with Gasteiger partial charge < -0.3 is 9.73 Å². The first-order chi connectivity index (χ1) is 7.84. The highest BCUT2D eigenvalue weighted by molar-refractivity contribution is 5.83. The summed E-state index contributed by atoms with van der Waals surface area (Å²) in [5.74, 6) is 1.12. The van der Waals surface area contributed by atoms with Gasteiger partial charge in [-0.15, -0.1) is 0 Å². The molecule has 2 aromatic rings. The minimum absolute atomic E-state index is 0.878. The number of rotatable bonds is 0. The monoisotopic (exact) mass is 217 g/mol. The molecule has 2 nitrogen and oxygen atoms in total. The summed E-state index contributed by atoms with van der Waals surface area (Å²) in [5, 5.41) is 4.62. The molecule has 0 bridgehead atoms. The fraction of sp³-hybridized carbons (Fsp3) is 0.429. The minimum atomic E-state index is 0.878. The minimum Gasteiger partial charge on any atom is -0.459 e. The first kappa shape index (κ1) is 11.2. The molecule has 2 heteroatoms. The summed E-state index contributed by atoms with van der Waals surface area (Å²) in [6, 6.07) is 6.45. The van der Waals surface area contributed by atoms with Gasteiger partial charge in [0.05, 0.1) is 6.54 Å². The summed E-state index contributed by atoms with van der Waals surface area (Å²) in [4.78, 5) is 0. The van der Waals surface area contributed by atoms with Crippen LogP contribution in [0.25, 0.3) is 11.0 Å². The number of hydrogen-bond donors (Lipinski definition) is 1.